The highest BCUT2D eigenvalue weighted by molar-refractivity contribution is 7.15. The molecule has 0 atom stereocenters. The Balaban J connectivity index is 2.14. The number of aryl methyl sites for hydroxylation is 1. The minimum absolute atomic E-state index is 0.673. The number of thiazole rings is 1. The molecule has 1 aromatic carbocycles. The van der Waals surface area contributed by atoms with E-state index < -0.39 is 0 Å². The van der Waals surface area contributed by atoms with Crippen LogP contribution in [0.2, 0.25) is 0 Å². The maximum atomic E-state index is 5.70. The van der Waals surface area contributed by atoms with Gasteiger partial charge in [0.15, 0.2) is 0 Å². The van der Waals surface area contributed by atoms with Crippen molar-refractivity contribution < 1.29 is 4.74 Å². The largest absolute Gasteiger partial charge is 0.493 e. The zero-order valence-corrected chi connectivity index (χ0v) is 13.9. The highest BCUT2D eigenvalue weighted by Crippen LogP contribution is 2.34. The summed E-state index contributed by atoms with van der Waals surface area (Å²) in [6.45, 7) is 8.95. The molecular weight excluding hydrogens is 280 g/mol. The summed E-state index contributed by atoms with van der Waals surface area (Å²) < 4.78 is 5.70. The van der Waals surface area contributed by atoms with Crippen molar-refractivity contribution in [2.75, 3.05) is 13.2 Å². The van der Waals surface area contributed by atoms with Crippen molar-refractivity contribution >= 4 is 11.3 Å². The van der Waals surface area contributed by atoms with E-state index in [0.29, 0.717) is 6.61 Å². The second-order valence-corrected chi connectivity index (χ2v) is 6.07. The predicted molar refractivity (Wildman–Crippen MR) is 90.1 cm³/mol. The van der Waals surface area contributed by atoms with Gasteiger partial charge >= 0.3 is 0 Å². The number of hydrogen-bond donors (Lipinski definition) is 1. The summed E-state index contributed by atoms with van der Waals surface area (Å²) in [4.78, 5) is 6.03. The molecule has 0 saturated heterocycles. The third-order valence-electron chi connectivity index (χ3n) is 3.30. The first-order chi connectivity index (χ1) is 10.3. The summed E-state index contributed by atoms with van der Waals surface area (Å²) in [7, 11) is 0. The first kappa shape index (κ1) is 16.0. The van der Waals surface area contributed by atoms with Crippen LogP contribution < -0.4 is 10.1 Å². The molecule has 1 N–H and O–H groups in total. The van der Waals surface area contributed by atoms with Crippen molar-refractivity contribution in [2.45, 2.75) is 40.2 Å². The number of nitrogens with one attached hydrogen (secondary N) is 1. The monoisotopic (exact) mass is 304 g/mol. The van der Waals surface area contributed by atoms with E-state index in [-0.39, 0.29) is 0 Å². The van der Waals surface area contributed by atoms with Gasteiger partial charge in [-0.3, -0.25) is 0 Å². The first-order valence-electron chi connectivity index (χ1n) is 7.65. The first-order valence-corrected chi connectivity index (χ1v) is 8.47. The Labute approximate surface area is 131 Å². The molecule has 0 aliphatic carbocycles. The molecule has 0 bridgehead atoms. The van der Waals surface area contributed by atoms with Gasteiger partial charge in [0.1, 0.15) is 10.8 Å². The lowest BCUT2D eigenvalue weighted by molar-refractivity contribution is 0.341. The predicted octanol–water partition coefficient (Wildman–Crippen LogP) is 4.41. The molecule has 2 aromatic rings. The maximum absolute atomic E-state index is 5.70. The molecule has 0 fully saturated rings. The second-order valence-electron chi connectivity index (χ2n) is 4.99. The number of hydrogen-bond acceptors (Lipinski definition) is 4. The fourth-order valence-corrected chi connectivity index (χ4v) is 3.20. The highest BCUT2D eigenvalue weighted by Gasteiger charge is 2.12. The summed E-state index contributed by atoms with van der Waals surface area (Å²) in [5.41, 5.74) is 2.21. The van der Waals surface area contributed by atoms with Crippen LogP contribution in [0.1, 0.15) is 37.3 Å². The molecule has 0 saturated carbocycles. The number of aromatic nitrogens is 1. The molecule has 114 valence electrons. The number of rotatable bonds is 8. The van der Waals surface area contributed by atoms with Crippen molar-refractivity contribution in [1.29, 1.82) is 0 Å². The molecule has 0 radical (unpaired) electrons. The molecule has 2 rings (SSSR count). The summed E-state index contributed by atoms with van der Waals surface area (Å²) in [5, 5.41) is 4.53. The number of nitrogens with zero attached hydrogens (tertiary/aromatic N) is 1. The van der Waals surface area contributed by atoms with E-state index in [2.05, 4.69) is 25.2 Å². The van der Waals surface area contributed by atoms with Crippen molar-refractivity contribution in [1.82, 2.24) is 10.3 Å². The molecule has 1 heterocycles. The highest BCUT2D eigenvalue weighted by atomic mass is 32.1. The van der Waals surface area contributed by atoms with E-state index in [0.717, 1.165) is 35.1 Å². The number of benzene rings is 1. The molecule has 0 spiro atoms. The molecule has 0 amide bonds. The smallest absolute Gasteiger partial charge is 0.129 e. The fourth-order valence-electron chi connectivity index (χ4n) is 2.14. The third-order valence-corrected chi connectivity index (χ3v) is 4.49. The van der Waals surface area contributed by atoms with Gasteiger partial charge in [-0.15, -0.1) is 11.3 Å². The van der Waals surface area contributed by atoms with Crippen molar-refractivity contribution in [3.05, 3.63) is 34.8 Å². The van der Waals surface area contributed by atoms with Crippen LogP contribution in [0.15, 0.2) is 24.3 Å². The van der Waals surface area contributed by atoms with Crippen LogP contribution in [0, 0.1) is 6.92 Å². The lowest BCUT2D eigenvalue weighted by Gasteiger charge is -2.07. The topological polar surface area (TPSA) is 34.1 Å². The van der Waals surface area contributed by atoms with Gasteiger partial charge in [0.2, 0.25) is 0 Å². The Kier molecular flexibility index (Phi) is 6.21. The Morgan fingerprint density at radius 3 is 2.81 bits per heavy atom. The average molecular weight is 304 g/mol. The number of unbranched alkanes of at least 4 members (excludes halogenated alkanes) is 1. The van der Waals surface area contributed by atoms with Crippen LogP contribution >= 0.6 is 11.3 Å². The van der Waals surface area contributed by atoms with E-state index in [4.69, 9.17) is 9.72 Å². The third kappa shape index (κ3) is 4.29. The molecule has 3 nitrogen and oxygen atoms in total. The number of ether oxygens (including phenoxy) is 1. The summed E-state index contributed by atoms with van der Waals surface area (Å²) in [6.07, 6.45) is 2.44. The maximum Gasteiger partial charge on any atom is 0.129 e. The van der Waals surface area contributed by atoms with Crippen LogP contribution in [-0.2, 0) is 6.54 Å². The van der Waals surface area contributed by atoms with Gasteiger partial charge in [0.25, 0.3) is 0 Å². The summed E-state index contributed by atoms with van der Waals surface area (Å²) in [5.74, 6) is 0.916. The molecule has 4 heteroatoms. The molecule has 0 unspecified atom stereocenters. The van der Waals surface area contributed by atoms with Gasteiger partial charge in [-0.05, 0) is 38.9 Å². The normalized spacial score (nSPS) is 10.8. The minimum atomic E-state index is 0.673. The van der Waals surface area contributed by atoms with Gasteiger partial charge in [-0.2, -0.15) is 0 Å². The summed E-state index contributed by atoms with van der Waals surface area (Å²) in [6, 6.07) is 8.13. The lowest BCUT2D eigenvalue weighted by atomic mass is 10.2. The van der Waals surface area contributed by atoms with Crippen LogP contribution in [0.3, 0.4) is 0 Å². The molecule has 0 aliphatic rings. The lowest BCUT2D eigenvalue weighted by Crippen LogP contribution is -2.14. The SMILES string of the molecule is CCCCNCc1sc(-c2ccccc2OCC)nc1C. The molecular formula is C17H24N2OS. The Bertz CT molecular complexity index is 566. The Morgan fingerprint density at radius 2 is 2.05 bits per heavy atom. The fraction of sp³-hybridized carbons (Fsp3) is 0.471. The van der Waals surface area contributed by atoms with E-state index in [1.54, 1.807) is 11.3 Å². The van der Waals surface area contributed by atoms with Gasteiger partial charge in [-0.25, -0.2) is 4.98 Å². The molecule has 21 heavy (non-hydrogen) atoms. The van der Waals surface area contributed by atoms with E-state index in [1.165, 1.54) is 17.7 Å². The zero-order chi connectivity index (χ0) is 15.1. The summed E-state index contributed by atoms with van der Waals surface area (Å²) >= 11 is 1.76. The van der Waals surface area contributed by atoms with E-state index in [1.807, 2.05) is 25.1 Å². The van der Waals surface area contributed by atoms with Crippen molar-refractivity contribution in [2.24, 2.45) is 0 Å². The Morgan fingerprint density at radius 1 is 1.24 bits per heavy atom. The van der Waals surface area contributed by atoms with Gasteiger partial charge in [0, 0.05) is 11.4 Å². The van der Waals surface area contributed by atoms with Crippen molar-refractivity contribution in [3.63, 3.8) is 0 Å². The number of para-hydroxylation sites is 1. The van der Waals surface area contributed by atoms with Crippen LogP contribution in [0.25, 0.3) is 10.6 Å². The van der Waals surface area contributed by atoms with Crippen LogP contribution in [0.4, 0.5) is 0 Å². The molecule has 1 aromatic heterocycles. The quantitative estimate of drug-likeness (QED) is 0.734. The van der Waals surface area contributed by atoms with Gasteiger partial charge in [0.05, 0.1) is 17.9 Å². The zero-order valence-electron chi connectivity index (χ0n) is 13.1. The molecule has 0 aliphatic heterocycles. The second kappa shape index (κ2) is 8.15. The van der Waals surface area contributed by atoms with Gasteiger partial charge in [-0.1, -0.05) is 25.5 Å². The standard InChI is InChI=1S/C17H24N2OS/c1-4-6-11-18-12-16-13(3)19-17(21-16)14-9-7-8-10-15(14)20-5-2/h7-10,18H,4-6,11-12H2,1-3H3. The van der Waals surface area contributed by atoms with Gasteiger partial charge < -0.3 is 10.1 Å². The minimum Gasteiger partial charge on any atom is -0.493 e. The Hall–Kier alpha value is -1.39. The van der Waals surface area contributed by atoms with Crippen LogP contribution in [-0.4, -0.2) is 18.1 Å². The van der Waals surface area contributed by atoms with Crippen LogP contribution in [0.5, 0.6) is 5.75 Å². The van der Waals surface area contributed by atoms with E-state index >= 15 is 0 Å². The van der Waals surface area contributed by atoms with E-state index in [9.17, 15) is 0 Å². The van der Waals surface area contributed by atoms with Crippen molar-refractivity contribution in [3.8, 4) is 16.3 Å². The average Bonchev–Trinajstić information content (AvgIpc) is 2.86.